The predicted octanol–water partition coefficient (Wildman–Crippen LogP) is 1.49. The van der Waals surface area contributed by atoms with E-state index in [1.807, 2.05) is 0 Å². The van der Waals surface area contributed by atoms with Gasteiger partial charge in [0, 0.05) is 19.0 Å². The van der Waals surface area contributed by atoms with Gasteiger partial charge in [0.1, 0.15) is 5.82 Å². The van der Waals surface area contributed by atoms with Crippen LogP contribution >= 0.6 is 0 Å². The normalized spacial score (nSPS) is 23.3. The van der Waals surface area contributed by atoms with E-state index >= 15 is 0 Å². The molecule has 1 amide bonds. The number of piperidine rings is 1. The number of carbonyl (C=O) groups excluding carboxylic acids is 1. The number of rotatable bonds is 5. The first-order valence-corrected chi connectivity index (χ1v) is 9.35. The Balaban J connectivity index is 1.98. The molecule has 0 bridgehead atoms. The molecular formula is C16H23FN2O3S. The third-order valence-electron chi connectivity index (χ3n) is 4.32. The molecule has 3 unspecified atom stereocenters. The van der Waals surface area contributed by atoms with Crippen molar-refractivity contribution in [3.05, 3.63) is 30.1 Å². The van der Waals surface area contributed by atoms with Gasteiger partial charge in [-0.2, -0.15) is 0 Å². The van der Waals surface area contributed by atoms with Crippen molar-refractivity contribution in [1.82, 2.24) is 10.6 Å². The monoisotopic (exact) mass is 342 g/mol. The van der Waals surface area contributed by atoms with Crippen LogP contribution in [0.2, 0.25) is 0 Å². The fourth-order valence-corrected chi connectivity index (χ4v) is 4.03. The Labute approximate surface area is 136 Å². The second kappa shape index (κ2) is 7.40. The molecule has 1 heterocycles. The summed E-state index contributed by atoms with van der Waals surface area (Å²) in [5.41, 5.74) is 0. The highest BCUT2D eigenvalue weighted by atomic mass is 32.2. The quantitative estimate of drug-likeness (QED) is 0.795. The first-order valence-electron chi connectivity index (χ1n) is 7.80. The second-order valence-corrected chi connectivity index (χ2v) is 8.52. The number of carbonyl (C=O) groups is 1. The largest absolute Gasteiger partial charge is 0.352 e. The van der Waals surface area contributed by atoms with Crippen molar-refractivity contribution in [2.75, 3.05) is 13.1 Å². The number of nitrogens with one attached hydrogen (secondary N) is 2. The van der Waals surface area contributed by atoms with Gasteiger partial charge >= 0.3 is 0 Å². The van der Waals surface area contributed by atoms with Crippen molar-refractivity contribution in [2.45, 2.75) is 42.9 Å². The average Bonchev–Trinajstić information content (AvgIpc) is 2.50. The van der Waals surface area contributed by atoms with Gasteiger partial charge in [0.2, 0.25) is 5.91 Å². The van der Waals surface area contributed by atoms with E-state index < -0.39 is 20.9 Å². The molecular weight excluding hydrogens is 319 g/mol. The smallest absolute Gasteiger partial charge is 0.221 e. The summed E-state index contributed by atoms with van der Waals surface area (Å²) in [7, 11) is -3.65. The fraction of sp³-hybridized carbons (Fsp3) is 0.562. The highest BCUT2D eigenvalue weighted by molar-refractivity contribution is 7.92. The maximum Gasteiger partial charge on any atom is 0.221 e. The van der Waals surface area contributed by atoms with Gasteiger partial charge in [-0.3, -0.25) is 4.79 Å². The average molecular weight is 342 g/mol. The summed E-state index contributed by atoms with van der Waals surface area (Å²) in [5, 5.41) is 5.26. The van der Waals surface area contributed by atoms with Gasteiger partial charge < -0.3 is 10.6 Å². The number of hydrogen-bond donors (Lipinski definition) is 2. The van der Waals surface area contributed by atoms with E-state index in [1.54, 1.807) is 0 Å². The van der Waals surface area contributed by atoms with Gasteiger partial charge in [0.25, 0.3) is 0 Å². The molecule has 5 nitrogen and oxygen atoms in total. The number of benzene rings is 1. The Morgan fingerprint density at radius 2 is 2.04 bits per heavy atom. The predicted molar refractivity (Wildman–Crippen MR) is 86.2 cm³/mol. The van der Waals surface area contributed by atoms with Gasteiger partial charge in [-0.15, -0.1) is 0 Å². The summed E-state index contributed by atoms with van der Waals surface area (Å²) in [5.74, 6) is -0.402. The first-order chi connectivity index (χ1) is 10.8. The van der Waals surface area contributed by atoms with Gasteiger partial charge in [-0.05, 0) is 50.1 Å². The first kappa shape index (κ1) is 17.9. The second-order valence-electron chi connectivity index (χ2n) is 6.16. The van der Waals surface area contributed by atoms with Crippen LogP contribution in [-0.4, -0.2) is 38.7 Å². The molecule has 0 saturated carbocycles. The molecule has 7 heteroatoms. The van der Waals surface area contributed by atoms with Crippen molar-refractivity contribution in [2.24, 2.45) is 5.92 Å². The van der Waals surface area contributed by atoms with Crippen molar-refractivity contribution < 1.29 is 17.6 Å². The van der Waals surface area contributed by atoms with Crippen LogP contribution in [0.5, 0.6) is 0 Å². The molecule has 1 aliphatic rings. The molecule has 1 aromatic carbocycles. The fourth-order valence-electron chi connectivity index (χ4n) is 2.68. The molecule has 1 aromatic rings. The minimum Gasteiger partial charge on any atom is -0.352 e. The van der Waals surface area contributed by atoms with Crippen LogP contribution in [0, 0.1) is 11.7 Å². The van der Waals surface area contributed by atoms with Crippen LogP contribution < -0.4 is 10.6 Å². The van der Waals surface area contributed by atoms with Crippen LogP contribution in [0.15, 0.2) is 29.2 Å². The maximum absolute atomic E-state index is 12.9. The number of amides is 1. The lowest BCUT2D eigenvalue weighted by atomic mass is 9.95. The molecule has 0 spiro atoms. The zero-order chi connectivity index (χ0) is 17.0. The van der Waals surface area contributed by atoms with E-state index in [0.29, 0.717) is 12.5 Å². The number of sulfone groups is 1. The molecule has 1 fully saturated rings. The topological polar surface area (TPSA) is 75.3 Å². The third-order valence-corrected chi connectivity index (χ3v) is 6.47. The lowest BCUT2D eigenvalue weighted by Crippen LogP contribution is -2.50. The molecule has 0 radical (unpaired) electrons. The van der Waals surface area contributed by atoms with E-state index in [0.717, 1.165) is 25.1 Å². The minimum absolute atomic E-state index is 0.0250. The molecule has 23 heavy (non-hydrogen) atoms. The molecule has 2 rings (SSSR count). The van der Waals surface area contributed by atoms with E-state index in [1.165, 1.54) is 19.1 Å². The summed E-state index contributed by atoms with van der Waals surface area (Å²) in [6.07, 6.45) is 0.872. The van der Waals surface area contributed by atoms with Crippen LogP contribution in [-0.2, 0) is 14.6 Å². The van der Waals surface area contributed by atoms with E-state index in [9.17, 15) is 17.6 Å². The Morgan fingerprint density at radius 3 is 2.65 bits per heavy atom. The number of halogens is 1. The van der Waals surface area contributed by atoms with E-state index in [2.05, 4.69) is 17.6 Å². The zero-order valence-electron chi connectivity index (χ0n) is 13.4. The summed E-state index contributed by atoms with van der Waals surface area (Å²) in [4.78, 5) is 12.2. The summed E-state index contributed by atoms with van der Waals surface area (Å²) in [6.45, 7) is 5.21. The van der Waals surface area contributed by atoms with Crippen molar-refractivity contribution in [3.8, 4) is 0 Å². The van der Waals surface area contributed by atoms with Gasteiger partial charge in [-0.1, -0.05) is 6.92 Å². The Morgan fingerprint density at radius 1 is 1.39 bits per heavy atom. The molecule has 2 N–H and O–H groups in total. The minimum atomic E-state index is -3.65. The van der Waals surface area contributed by atoms with Gasteiger partial charge in [0.15, 0.2) is 9.84 Å². The van der Waals surface area contributed by atoms with Crippen LogP contribution in [0.3, 0.4) is 0 Å². The Kier molecular flexibility index (Phi) is 5.75. The molecule has 1 aliphatic heterocycles. The summed E-state index contributed by atoms with van der Waals surface area (Å²) >= 11 is 0. The lowest BCUT2D eigenvalue weighted by Gasteiger charge is -2.30. The Bertz CT molecular complexity index is 646. The zero-order valence-corrected chi connectivity index (χ0v) is 14.2. The van der Waals surface area contributed by atoms with Crippen molar-refractivity contribution in [1.29, 1.82) is 0 Å². The van der Waals surface area contributed by atoms with Crippen LogP contribution in [0.1, 0.15) is 26.7 Å². The van der Waals surface area contributed by atoms with E-state index in [4.69, 9.17) is 0 Å². The molecule has 3 atom stereocenters. The summed E-state index contributed by atoms with van der Waals surface area (Å²) in [6, 6.07) is 4.69. The van der Waals surface area contributed by atoms with Gasteiger partial charge in [-0.25, -0.2) is 12.8 Å². The van der Waals surface area contributed by atoms with E-state index in [-0.39, 0.29) is 23.3 Å². The molecule has 0 aromatic heterocycles. The molecule has 0 aliphatic carbocycles. The van der Waals surface area contributed by atoms with Crippen molar-refractivity contribution >= 4 is 15.7 Å². The lowest BCUT2D eigenvalue weighted by molar-refractivity contribution is -0.122. The molecule has 1 saturated heterocycles. The highest BCUT2D eigenvalue weighted by Crippen LogP contribution is 2.19. The SMILES string of the molecule is CC1CCNCC1NC(=O)CC(C)S(=O)(=O)c1ccc(F)cc1. The number of hydrogen-bond acceptors (Lipinski definition) is 4. The van der Waals surface area contributed by atoms with Crippen molar-refractivity contribution in [3.63, 3.8) is 0 Å². The summed E-state index contributed by atoms with van der Waals surface area (Å²) < 4.78 is 37.8. The molecule has 128 valence electrons. The Hall–Kier alpha value is -1.47. The van der Waals surface area contributed by atoms with Gasteiger partial charge in [0.05, 0.1) is 10.1 Å². The third kappa shape index (κ3) is 4.51. The highest BCUT2D eigenvalue weighted by Gasteiger charge is 2.28. The van der Waals surface area contributed by atoms with Crippen LogP contribution in [0.25, 0.3) is 0 Å². The standard InChI is InChI=1S/C16H23FN2O3S/c1-11-7-8-18-10-15(11)19-16(20)9-12(2)23(21,22)14-5-3-13(17)4-6-14/h3-6,11-12,15,18H,7-10H2,1-2H3,(H,19,20). The maximum atomic E-state index is 12.9. The van der Waals surface area contributed by atoms with Crippen LogP contribution in [0.4, 0.5) is 4.39 Å².